The van der Waals surface area contributed by atoms with E-state index in [1.807, 2.05) is 17.8 Å². The highest BCUT2D eigenvalue weighted by atomic mass is 32.2. The van der Waals surface area contributed by atoms with Gasteiger partial charge in [0.25, 0.3) is 0 Å². The van der Waals surface area contributed by atoms with Crippen LogP contribution in [-0.4, -0.2) is 28.6 Å². The number of aromatic carboxylic acids is 1. The van der Waals surface area contributed by atoms with Gasteiger partial charge < -0.3 is 10.4 Å². The molecule has 4 heteroatoms. The van der Waals surface area contributed by atoms with Gasteiger partial charge in [0, 0.05) is 12.6 Å². The lowest BCUT2D eigenvalue weighted by atomic mass is 10.1. The van der Waals surface area contributed by atoms with Crippen molar-refractivity contribution in [3.8, 4) is 0 Å². The van der Waals surface area contributed by atoms with E-state index in [0.717, 1.165) is 24.3 Å². The van der Waals surface area contributed by atoms with E-state index in [2.05, 4.69) is 19.2 Å². The maximum atomic E-state index is 10.8. The number of carboxylic acids is 1. The van der Waals surface area contributed by atoms with Crippen LogP contribution in [0.5, 0.6) is 0 Å². The van der Waals surface area contributed by atoms with E-state index in [1.165, 1.54) is 5.75 Å². The summed E-state index contributed by atoms with van der Waals surface area (Å²) in [4.78, 5) is 10.8. The maximum Gasteiger partial charge on any atom is 0.335 e. The van der Waals surface area contributed by atoms with Gasteiger partial charge in [0.1, 0.15) is 0 Å². The fraction of sp³-hybridized carbons (Fsp3) is 0.500. The highest BCUT2D eigenvalue weighted by Gasteiger charge is 2.05. The molecule has 0 aliphatic rings. The molecule has 18 heavy (non-hydrogen) atoms. The second kappa shape index (κ2) is 8.16. The molecular formula is C14H21NO2S. The predicted octanol–water partition coefficient (Wildman–Crippen LogP) is 3.01. The van der Waals surface area contributed by atoms with Crippen LogP contribution >= 0.6 is 11.8 Å². The number of thioether (sulfide) groups is 1. The van der Waals surface area contributed by atoms with Gasteiger partial charge in [-0.05, 0) is 42.5 Å². The maximum absolute atomic E-state index is 10.8. The fourth-order valence-electron chi connectivity index (χ4n) is 1.61. The van der Waals surface area contributed by atoms with Gasteiger partial charge in [-0.1, -0.05) is 19.1 Å². The highest BCUT2D eigenvalue weighted by molar-refractivity contribution is 7.99. The molecular weight excluding hydrogens is 246 g/mol. The van der Waals surface area contributed by atoms with Crippen molar-refractivity contribution in [3.63, 3.8) is 0 Å². The molecule has 0 radical (unpaired) electrons. The third-order valence-corrected chi connectivity index (χ3v) is 3.66. The first-order chi connectivity index (χ1) is 8.63. The summed E-state index contributed by atoms with van der Waals surface area (Å²) in [5, 5.41) is 12.3. The minimum absolute atomic E-state index is 0.350. The lowest BCUT2D eigenvalue weighted by Crippen LogP contribution is -2.26. The Labute approximate surface area is 113 Å². The molecule has 0 bridgehead atoms. The highest BCUT2D eigenvalue weighted by Crippen LogP contribution is 2.07. The molecule has 1 aromatic rings. The number of nitrogens with one attached hydrogen (secondary N) is 1. The Morgan fingerprint density at radius 1 is 1.50 bits per heavy atom. The summed E-state index contributed by atoms with van der Waals surface area (Å²) >= 11 is 1.95. The molecule has 0 saturated heterocycles. The molecule has 0 fully saturated rings. The monoisotopic (exact) mass is 267 g/mol. The molecule has 1 aromatic carbocycles. The normalized spacial score (nSPS) is 12.3. The molecule has 0 aromatic heterocycles. The van der Waals surface area contributed by atoms with Gasteiger partial charge in [-0.3, -0.25) is 0 Å². The number of rotatable bonds is 8. The first-order valence-electron chi connectivity index (χ1n) is 6.26. The Bertz CT molecular complexity index is 382. The van der Waals surface area contributed by atoms with Gasteiger partial charge in [-0.25, -0.2) is 4.79 Å². The molecule has 0 saturated carbocycles. The summed E-state index contributed by atoms with van der Waals surface area (Å²) < 4.78 is 0. The van der Waals surface area contributed by atoms with Crippen molar-refractivity contribution >= 4 is 17.7 Å². The molecule has 1 rings (SSSR count). The van der Waals surface area contributed by atoms with Crippen molar-refractivity contribution in [1.82, 2.24) is 5.32 Å². The average Bonchev–Trinajstić information content (AvgIpc) is 2.37. The van der Waals surface area contributed by atoms with E-state index in [1.54, 1.807) is 18.2 Å². The van der Waals surface area contributed by atoms with E-state index in [9.17, 15) is 4.79 Å². The Kier molecular flexibility index (Phi) is 6.83. The second-order valence-corrected chi connectivity index (χ2v) is 5.67. The van der Waals surface area contributed by atoms with Crippen LogP contribution in [0.4, 0.5) is 0 Å². The third-order valence-electron chi connectivity index (χ3n) is 2.73. The molecule has 0 heterocycles. The van der Waals surface area contributed by atoms with Crippen LogP contribution in [0.3, 0.4) is 0 Å². The zero-order valence-electron chi connectivity index (χ0n) is 11.0. The van der Waals surface area contributed by atoms with E-state index < -0.39 is 5.97 Å². The largest absolute Gasteiger partial charge is 0.478 e. The Morgan fingerprint density at radius 3 is 2.94 bits per heavy atom. The van der Waals surface area contributed by atoms with Gasteiger partial charge in [-0.15, -0.1) is 0 Å². The molecule has 100 valence electrons. The van der Waals surface area contributed by atoms with Crippen LogP contribution in [0.15, 0.2) is 24.3 Å². The minimum atomic E-state index is -0.871. The van der Waals surface area contributed by atoms with E-state index >= 15 is 0 Å². The van der Waals surface area contributed by atoms with Gasteiger partial charge in [0.2, 0.25) is 0 Å². The molecule has 1 atom stereocenters. The van der Waals surface area contributed by atoms with E-state index in [4.69, 9.17) is 5.11 Å². The number of hydrogen-bond donors (Lipinski definition) is 2. The summed E-state index contributed by atoms with van der Waals surface area (Å²) in [6, 6.07) is 7.54. The lowest BCUT2D eigenvalue weighted by molar-refractivity contribution is 0.0696. The standard InChI is InChI=1S/C14H21NO2S/c1-3-18-8-7-11(2)15-10-12-5-4-6-13(9-12)14(16)17/h4-6,9,11,15H,3,7-8,10H2,1-2H3,(H,16,17). The SMILES string of the molecule is CCSCCC(C)NCc1cccc(C(=O)O)c1. The van der Waals surface area contributed by atoms with Gasteiger partial charge in [0.05, 0.1) is 5.56 Å². The van der Waals surface area contributed by atoms with Crippen molar-refractivity contribution in [2.24, 2.45) is 0 Å². The zero-order chi connectivity index (χ0) is 13.4. The summed E-state index contributed by atoms with van der Waals surface area (Å²) in [5.41, 5.74) is 1.37. The van der Waals surface area contributed by atoms with Gasteiger partial charge >= 0.3 is 5.97 Å². The van der Waals surface area contributed by atoms with E-state index in [0.29, 0.717) is 11.6 Å². The van der Waals surface area contributed by atoms with Crippen molar-refractivity contribution in [3.05, 3.63) is 35.4 Å². The quantitative estimate of drug-likeness (QED) is 0.711. The summed E-state index contributed by atoms with van der Waals surface area (Å²) in [6.07, 6.45) is 1.14. The molecule has 2 N–H and O–H groups in total. The van der Waals surface area contributed by atoms with E-state index in [-0.39, 0.29) is 0 Å². The molecule has 0 aliphatic carbocycles. The van der Waals surface area contributed by atoms with Crippen molar-refractivity contribution < 1.29 is 9.90 Å². The number of benzene rings is 1. The molecule has 0 amide bonds. The first-order valence-corrected chi connectivity index (χ1v) is 7.42. The van der Waals surface area contributed by atoms with Crippen LogP contribution in [0, 0.1) is 0 Å². The minimum Gasteiger partial charge on any atom is -0.478 e. The summed E-state index contributed by atoms with van der Waals surface area (Å²) in [7, 11) is 0. The smallest absolute Gasteiger partial charge is 0.335 e. The predicted molar refractivity (Wildman–Crippen MR) is 77.3 cm³/mol. The molecule has 3 nitrogen and oxygen atoms in total. The van der Waals surface area contributed by atoms with Crippen LogP contribution in [0.25, 0.3) is 0 Å². The molecule has 0 aliphatic heterocycles. The summed E-state index contributed by atoms with van der Waals surface area (Å²) in [5.74, 6) is 1.46. The van der Waals surface area contributed by atoms with Crippen molar-refractivity contribution in [2.75, 3.05) is 11.5 Å². The van der Waals surface area contributed by atoms with Crippen LogP contribution in [-0.2, 0) is 6.54 Å². The van der Waals surface area contributed by atoms with Crippen LogP contribution in [0.2, 0.25) is 0 Å². The number of carbonyl (C=O) groups is 1. The van der Waals surface area contributed by atoms with Crippen LogP contribution in [0.1, 0.15) is 36.2 Å². The topological polar surface area (TPSA) is 49.3 Å². The number of hydrogen-bond acceptors (Lipinski definition) is 3. The lowest BCUT2D eigenvalue weighted by Gasteiger charge is -2.13. The zero-order valence-corrected chi connectivity index (χ0v) is 11.8. The average molecular weight is 267 g/mol. The third kappa shape index (κ3) is 5.56. The van der Waals surface area contributed by atoms with Crippen molar-refractivity contribution in [2.45, 2.75) is 32.9 Å². The van der Waals surface area contributed by atoms with Crippen molar-refractivity contribution in [1.29, 1.82) is 0 Å². The van der Waals surface area contributed by atoms with Gasteiger partial charge in [-0.2, -0.15) is 11.8 Å². The van der Waals surface area contributed by atoms with Gasteiger partial charge in [0.15, 0.2) is 0 Å². The summed E-state index contributed by atoms with van der Waals surface area (Å²) in [6.45, 7) is 5.05. The van der Waals surface area contributed by atoms with Crippen LogP contribution < -0.4 is 5.32 Å². The Hall–Kier alpha value is -1.00. The Balaban J connectivity index is 2.38. The fourth-order valence-corrected chi connectivity index (χ4v) is 2.42. The molecule has 1 unspecified atom stereocenters. The second-order valence-electron chi connectivity index (χ2n) is 4.27. The molecule has 0 spiro atoms. The Morgan fingerprint density at radius 2 is 2.28 bits per heavy atom. The number of carboxylic acid groups (broad SMARTS) is 1. The first kappa shape index (κ1) is 15.1.